The van der Waals surface area contributed by atoms with E-state index in [9.17, 15) is 4.79 Å². The summed E-state index contributed by atoms with van der Waals surface area (Å²) in [5.41, 5.74) is 0.875. The van der Waals surface area contributed by atoms with E-state index in [2.05, 4.69) is 24.1 Å². The lowest BCUT2D eigenvalue weighted by Gasteiger charge is -2.37. The number of morpholine rings is 1. The minimum atomic E-state index is -0.0961. The number of carbonyl (C=O) groups excluding carboxylic acids is 1. The van der Waals surface area contributed by atoms with Gasteiger partial charge in [-0.25, -0.2) is 4.79 Å². The highest BCUT2D eigenvalue weighted by atomic mass is 16.5. The van der Waals surface area contributed by atoms with E-state index in [0.717, 1.165) is 12.1 Å². The molecule has 1 N–H and O–H groups in total. The lowest BCUT2D eigenvalue weighted by Crippen LogP contribution is -2.53. The van der Waals surface area contributed by atoms with Crippen molar-refractivity contribution < 1.29 is 9.53 Å². The van der Waals surface area contributed by atoms with E-state index in [1.165, 1.54) is 0 Å². The molecule has 0 unspecified atom stereocenters. The van der Waals surface area contributed by atoms with Crippen molar-refractivity contribution in [1.82, 2.24) is 15.2 Å². The fraction of sp³-hybridized carbons (Fsp3) is 0.625. The van der Waals surface area contributed by atoms with Gasteiger partial charge in [0.05, 0.1) is 31.0 Å². The SMILES string of the molecule is CC(C)C[C@@H]1COCCN1C(=O)N[C@H](C)c1ccccn1. The highest BCUT2D eigenvalue weighted by Crippen LogP contribution is 2.17. The fourth-order valence-electron chi connectivity index (χ4n) is 2.64. The van der Waals surface area contributed by atoms with Crippen molar-refractivity contribution in [2.24, 2.45) is 5.92 Å². The molecule has 21 heavy (non-hydrogen) atoms. The van der Waals surface area contributed by atoms with Crippen molar-refractivity contribution in [2.45, 2.75) is 39.3 Å². The molecule has 1 aliphatic heterocycles. The Bertz CT molecular complexity index is 450. The Labute approximate surface area is 126 Å². The van der Waals surface area contributed by atoms with E-state index < -0.39 is 0 Å². The summed E-state index contributed by atoms with van der Waals surface area (Å²) in [4.78, 5) is 18.7. The van der Waals surface area contributed by atoms with Gasteiger partial charge < -0.3 is 15.0 Å². The predicted octanol–water partition coefficient (Wildman–Crippen LogP) is 2.60. The molecule has 1 aromatic rings. The van der Waals surface area contributed by atoms with Crippen LogP contribution in [-0.2, 0) is 4.74 Å². The normalized spacial score (nSPS) is 20.4. The van der Waals surface area contributed by atoms with Crippen LogP contribution in [0.25, 0.3) is 0 Å². The molecule has 2 heterocycles. The number of aromatic nitrogens is 1. The van der Waals surface area contributed by atoms with Crippen LogP contribution < -0.4 is 5.32 Å². The van der Waals surface area contributed by atoms with Crippen LogP contribution in [0.2, 0.25) is 0 Å². The molecule has 1 aromatic heterocycles. The molecule has 1 saturated heterocycles. The molecule has 2 atom stereocenters. The number of hydrogen-bond acceptors (Lipinski definition) is 3. The summed E-state index contributed by atoms with van der Waals surface area (Å²) >= 11 is 0. The zero-order chi connectivity index (χ0) is 15.2. The van der Waals surface area contributed by atoms with E-state index in [1.807, 2.05) is 30.0 Å². The standard InChI is InChI=1S/C16H25N3O2/c1-12(2)10-14-11-21-9-8-19(14)16(20)18-13(3)15-6-4-5-7-17-15/h4-7,12-14H,8-11H2,1-3H3,(H,18,20)/t13-,14-/m1/s1. The molecule has 1 fully saturated rings. The van der Waals surface area contributed by atoms with Crippen LogP contribution in [-0.4, -0.2) is 41.7 Å². The summed E-state index contributed by atoms with van der Waals surface area (Å²) < 4.78 is 5.52. The topological polar surface area (TPSA) is 54.5 Å². The van der Waals surface area contributed by atoms with E-state index in [-0.39, 0.29) is 18.1 Å². The third kappa shape index (κ3) is 4.43. The molecule has 1 aliphatic rings. The van der Waals surface area contributed by atoms with Gasteiger partial charge in [-0.3, -0.25) is 4.98 Å². The monoisotopic (exact) mass is 291 g/mol. The molecule has 2 rings (SSSR count). The summed E-state index contributed by atoms with van der Waals surface area (Å²) in [6.07, 6.45) is 2.71. The molecule has 0 spiro atoms. The highest BCUT2D eigenvalue weighted by Gasteiger charge is 2.28. The minimum absolute atomic E-state index is 0.0258. The van der Waals surface area contributed by atoms with Crippen LogP contribution in [0.3, 0.4) is 0 Å². The molecule has 0 saturated carbocycles. The Morgan fingerprint density at radius 2 is 2.29 bits per heavy atom. The number of urea groups is 1. The van der Waals surface area contributed by atoms with Crippen LogP contribution >= 0.6 is 0 Å². The Hall–Kier alpha value is -1.62. The largest absolute Gasteiger partial charge is 0.377 e. The summed E-state index contributed by atoms with van der Waals surface area (Å²) in [5.74, 6) is 0.542. The van der Waals surface area contributed by atoms with Crippen molar-refractivity contribution in [2.75, 3.05) is 19.8 Å². The van der Waals surface area contributed by atoms with Crippen LogP contribution in [0.15, 0.2) is 24.4 Å². The first-order valence-electron chi connectivity index (χ1n) is 7.63. The highest BCUT2D eigenvalue weighted by molar-refractivity contribution is 5.75. The predicted molar refractivity (Wildman–Crippen MR) is 82.0 cm³/mol. The second-order valence-electron chi connectivity index (χ2n) is 5.98. The summed E-state index contributed by atoms with van der Waals surface area (Å²) in [7, 11) is 0. The second kappa shape index (κ2) is 7.41. The van der Waals surface area contributed by atoms with E-state index in [0.29, 0.717) is 25.7 Å². The molecular formula is C16H25N3O2. The van der Waals surface area contributed by atoms with Crippen LogP contribution in [0.1, 0.15) is 38.9 Å². The first-order chi connectivity index (χ1) is 10.1. The van der Waals surface area contributed by atoms with E-state index in [4.69, 9.17) is 4.74 Å². The fourth-order valence-corrected chi connectivity index (χ4v) is 2.64. The molecule has 0 aliphatic carbocycles. The van der Waals surface area contributed by atoms with E-state index >= 15 is 0 Å². The number of hydrogen-bond donors (Lipinski definition) is 1. The molecule has 0 radical (unpaired) electrons. The van der Waals surface area contributed by atoms with Gasteiger partial charge in [0.2, 0.25) is 0 Å². The third-order valence-corrected chi connectivity index (χ3v) is 3.70. The van der Waals surface area contributed by atoms with Gasteiger partial charge in [-0.2, -0.15) is 0 Å². The number of amides is 2. The maximum Gasteiger partial charge on any atom is 0.318 e. The molecule has 2 amide bonds. The quantitative estimate of drug-likeness (QED) is 0.927. The second-order valence-corrected chi connectivity index (χ2v) is 5.98. The Balaban J connectivity index is 1.97. The van der Waals surface area contributed by atoms with E-state index in [1.54, 1.807) is 6.20 Å². The van der Waals surface area contributed by atoms with Gasteiger partial charge in [0.25, 0.3) is 0 Å². The van der Waals surface area contributed by atoms with Crippen molar-refractivity contribution in [3.05, 3.63) is 30.1 Å². The van der Waals surface area contributed by atoms with Crippen LogP contribution in [0, 0.1) is 5.92 Å². The van der Waals surface area contributed by atoms with Gasteiger partial charge in [0, 0.05) is 12.7 Å². The molecular weight excluding hydrogens is 266 g/mol. The minimum Gasteiger partial charge on any atom is -0.377 e. The number of nitrogens with one attached hydrogen (secondary N) is 1. The average molecular weight is 291 g/mol. The molecule has 5 nitrogen and oxygen atoms in total. The van der Waals surface area contributed by atoms with Crippen LogP contribution in [0.4, 0.5) is 4.79 Å². The van der Waals surface area contributed by atoms with Gasteiger partial charge in [0.15, 0.2) is 0 Å². The van der Waals surface area contributed by atoms with Crippen molar-refractivity contribution >= 4 is 6.03 Å². The first kappa shape index (κ1) is 15.8. The lowest BCUT2D eigenvalue weighted by molar-refractivity contribution is 0.00507. The Kier molecular flexibility index (Phi) is 5.56. The molecule has 116 valence electrons. The molecule has 5 heteroatoms. The number of carbonyl (C=O) groups is 1. The van der Waals surface area contributed by atoms with Crippen LogP contribution in [0.5, 0.6) is 0 Å². The van der Waals surface area contributed by atoms with Gasteiger partial charge in [0.1, 0.15) is 0 Å². The maximum absolute atomic E-state index is 12.5. The van der Waals surface area contributed by atoms with Gasteiger partial charge >= 0.3 is 6.03 Å². The smallest absolute Gasteiger partial charge is 0.318 e. The maximum atomic E-state index is 12.5. The molecule has 0 bridgehead atoms. The first-order valence-corrected chi connectivity index (χ1v) is 7.63. The van der Waals surface area contributed by atoms with Gasteiger partial charge in [-0.05, 0) is 31.4 Å². The summed E-state index contributed by atoms with van der Waals surface area (Å²) in [6.45, 7) is 8.18. The Morgan fingerprint density at radius 3 is 2.95 bits per heavy atom. The zero-order valence-corrected chi connectivity index (χ0v) is 13.1. The Morgan fingerprint density at radius 1 is 1.48 bits per heavy atom. The summed E-state index contributed by atoms with van der Waals surface area (Å²) in [6, 6.07) is 5.77. The van der Waals surface area contributed by atoms with Crippen molar-refractivity contribution in [1.29, 1.82) is 0 Å². The van der Waals surface area contributed by atoms with Gasteiger partial charge in [-0.15, -0.1) is 0 Å². The third-order valence-electron chi connectivity index (χ3n) is 3.70. The summed E-state index contributed by atoms with van der Waals surface area (Å²) in [5, 5.41) is 3.04. The number of rotatable bonds is 4. The zero-order valence-electron chi connectivity index (χ0n) is 13.1. The molecule has 0 aromatic carbocycles. The van der Waals surface area contributed by atoms with Crippen molar-refractivity contribution in [3.8, 4) is 0 Å². The van der Waals surface area contributed by atoms with Crippen molar-refractivity contribution in [3.63, 3.8) is 0 Å². The lowest BCUT2D eigenvalue weighted by atomic mass is 10.0. The van der Waals surface area contributed by atoms with Gasteiger partial charge in [-0.1, -0.05) is 19.9 Å². The number of nitrogens with zero attached hydrogens (tertiary/aromatic N) is 2. The number of ether oxygens (including phenoxy) is 1. The number of pyridine rings is 1. The average Bonchev–Trinajstić information content (AvgIpc) is 2.48.